The van der Waals surface area contributed by atoms with Crippen molar-refractivity contribution in [3.05, 3.63) is 18.5 Å². The second-order valence-corrected chi connectivity index (χ2v) is 3.44. The summed E-state index contributed by atoms with van der Waals surface area (Å²) in [5, 5.41) is 18.4. The van der Waals surface area contributed by atoms with Crippen LogP contribution >= 0.6 is 0 Å². The van der Waals surface area contributed by atoms with Crippen molar-refractivity contribution < 1.29 is 15.0 Å². The number of aliphatic hydroxyl groups excluding tert-OH is 1. The Hall–Kier alpha value is -1.69. The number of aliphatic hydroxyl groups is 1. The molecule has 1 aromatic heterocycles. The largest absolute Gasteiger partial charge is 0.480 e. The van der Waals surface area contributed by atoms with E-state index in [-0.39, 0.29) is 13.0 Å². The molecular formula is C9H11N3O3. The van der Waals surface area contributed by atoms with Gasteiger partial charge in [-0.1, -0.05) is 0 Å². The standard InChI is InChI=1S/C9H11N3O3/c13-6-4-7(8(14)15)12(5-6)9-10-2-1-3-11-9/h1-3,6-7,13H,4-5H2,(H,14,15)/t6-,7-/m0/s1. The molecule has 6 nitrogen and oxygen atoms in total. The van der Waals surface area contributed by atoms with Crippen molar-refractivity contribution in [2.45, 2.75) is 18.6 Å². The van der Waals surface area contributed by atoms with E-state index in [1.165, 1.54) is 4.90 Å². The number of nitrogens with zero attached hydrogens (tertiary/aromatic N) is 3. The van der Waals surface area contributed by atoms with Crippen molar-refractivity contribution in [2.75, 3.05) is 11.4 Å². The quantitative estimate of drug-likeness (QED) is 0.683. The van der Waals surface area contributed by atoms with Gasteiger partial charge in [0.15, 0.2) is 0 Å². The molecule has 1 aliphatic rings. The fourth-order valence-electron chi connectivity index (χ4n) is 1.71. The van der Waals surface area contributed by atoms with Crippen LogP contribution in [0.2, 0.25) is 0 Å². The first-order chi connectivity index (χ1) is 7.18. The molecule has 0 spiro atoms. The van der Waals surface area contributed by atoms with Gasteiger partial charge in [-0.05, 0) is 6.07 Å². The average molecular weight is 209 g/mol. The summed E-state index contributed by atoms with van der Waals surface area (Å²) in [6, 6.07) is 0.925. The van der Waals surface area contributed by atoms with E-state index in [1.807, 2.05) is 0 Å². The Morgan fingerprint density at radius 1 is 1.47 bits per heavy atom. The smallest absolute Gasteiger partial charge is 0.326 e. The zero-order valence-corrected chi connectivity index (χ0v) is 7.95. The molecule has 1 saturated heterocycles. The molecule has 2 rings (SSSR count). The molecule has 1 aromatic rings. The van der Waals surface area contributed by atoms with Crippen LogP contribution in [0.4, 0.5) is 5.95 Å². The minimum atomic E-state index is -0.959. The van der Waals surface area contributed by atoms with Crippen LogP contribution in [0.1, 0.15) is 6.42 Å². The molecule has 2 atom stereocenters. The lowest BCUT2D eigenvalue weighted by Crippen LogP contribution is -2.37. The number of hydrogen-bond acceptors (Lipinski definition) is 5. The molecule has 0 bridgehead atoms. The first kappa shape index (κ1) is 9.85. The number of β-amino-alcohol motifs (C(OH)–C–C–N with tert-alkyl or cyclic N) is 1. The third-order valence-electron chi connectivity index (χ3n) is 2.37. The molecule has 0 aliphatic carbocycles. The van der Waals surface area contributed by atoms with E-state index in [0.29, 0.717) is 5.95 Å². The Labute approximate surface area is 86.2 Å². The fraction of sp³-hybridized carbons (Fsp3) is 0.444. The van der Waals surface area contributed by atoms with Crippen LogP contribution in [-0.2, 0) is 4.79 Å². The van der Waals surface area contributed by atoms with E-state index in [4.69, 9.17) is 5.11 Å². The molecular weight excluding hydrogens is 198 g/mol. The van der Waals surface area contributed by atoms with Crippen molar-refractivity contribution in [1.29, 1.82) is 0 Å². The summed E-state index contributed by atoms with van der Waals surface area (Å²) in [7, 11) is 0. The van der Waals surface area contributed by atoms with Crippen LogP contribution < -0.4 is 4.90 Å². The molecule has 1 aliphatic heterocycles. The SMILES string of the molecule is O=C(O)[C@@H]1C[C@H](O)CN1c1ncccn1. The summed E-state index contributed by atoms with van der Waals surface area (Å²) in [6.45, 7) is 0.265. The van der Waals surface area contributed by atoms with Gasteiger partial charge in [0.05, 0.1) is 6.10 Å². The first-order valence-corrected chi connectivity index (χ1v) is 4.63. The van der Waals surface area contributed by atoms with Crippen molar-refractivity contribution in [2.24, 2.45) is 0 Å². The van der Waals surface area contributed by atoms with Crippen LogP contribution in [0.25, 0.3) is 0 Å². The summed E-state index contributed by atoms with van der Waals surface area (Å²) in [4.78, 5) is 20.4. The fourth-order valence-corrected chi connectivity index (χ4v) is 1.71. The zero-order valence-electron chi connectivity index (χ0n) is 7.95. The van der Waals surface area contributed by atoms with Crippen molar-refractivity contribution in [1.82, 2.24) is 9.97 Å². The van der Waals surface area contributed by atoms with Crippen LogP contribution in [0, 0.1) is 0 Å². The van der Waals surface area contributed by atoms with Gasteiger partial charge in [-0.2, -0.15) is 0 Å². The molecule has 6 heteroatoms. The lowest BCUT2D eigenvalue weighted by Gasteiger charge is -2.20. The maximum absolute atomic E-state index is 10.9. The molecule has 0 radical (unpaired) electrons. The highest BCUT2D eigenvalue weighted by Crippen LogP contribution is 2.22. The number of rotatable bonds is 2. The number of hydrogen-bond donors (Lipinski definition) is 2. The number of carboxylic acid groups (broad SMARTS) is 1. The molecule has 0 unspecified atom stereocenters. The number of aliphatic carboxylic acids is 1. The highest BCUT2D eigenvalue weighted by atomic mass is 16.4. The van der Waals surface area contributed by atoms with Crippen LogP contribution in [0.15, 0.2) is 18.5 Å². The normalized spacial score (nSPS) is 25.5. The third kappa shape index (κ3) is 1.89. The Kier molecular flexibility index (Phi) is 2.51. The van der Waals surface area contributed by atoms with Gasteiger partial charge in [-0.25, -0.2) is 14.8 Å². The Morgan fingerprint density at radius 3 is 2.73 bits per heavy atom. The molecule has 80 valence electrons. The van der Waals surface area contributed by atoms with E-state index in [1.54, 1.807) is 18.5 Å². The number of carbonyl (C=O) groups is 1. The molecule has 0 amide bonds. The number of anilines is 1. The molecule has 0 aromatic carbocycles. The molecule has 1 fully saturated rings. The highest BCUT2D eigenvalue weighted by Gasteiger charge is 2.37. The van der Waals surface area contributed by atoms with Gasteiger partial charge in [0.25, 0.3) is 0 Å². The highest BCUT2D eigenvalue weighted by molar-refractivity contribution is 5.78. The second-order valence-electron chi connectivity index (χ2n) is 3.44. The topological polar surface area (TPSA) is 86.5 Å². The molecule has 0 saturated carbocycles. The summed E-state index contributed by atoms with van der Waals surface area (Å²) in [5.74, 6) is -0.611. The van der Waals surface area contributed by atoms with Crippen molar-refractivity contribution in [3.8, 4) is 0 Å². The van der Waals surface area contributed by atoms with Gasteiger partial charge >= 0.3 is 5.97 Å². The maximum atomic E-state index is 10.9. The third-order valence-corrected chi connectivity index (χ3v) is 2.37. The van der Waals surface area contributed by atoms with Gasteiger partial charge in [-0.15, -0.1) is 0 Å². The van der Waals surface area contributed by atoms with E-state index in [9.17, 15) is 9.90 Å². The zero-order chi connectivity index (χ0) is 10.8. The van der Waals surface area contributed by atoms with Crippen LogP contribution in [-0.4, -0.2) is 44.8 Å². The Bertz CT molecular complexity index is 357. The minimum Gasteiger partial charge on any atom is -0.480 e. The van der Waals surface area contributed by atoms with Crippen molar-refractivity contribution >= 4 is 11.9 Å². The summed E-state index contributed by atoms with van der Waals surface area (Å²) >= 11 is 0. The predicted octanol–water partition coefficient (Wildman–Crippen LogP) is -0.499. The maximum Gasteiger partial charge on any atom is 0.326 e. The Morgan fingerprint density at radius 2 is 2.13 bits per heavy atom. The van der Waals surface area contributed by atoms with Gasteiger partial charge in [0.2, 0.25) is 5.95 Å². The first-order valence-electron chi connectivity index (χ1n) is 4.63. The summed E-state index contributed by atoms with van der Waals surface area (Å²) in [6.07, 6.45) is 2.68. The van der Waals surface area contributed by atoms with Gasteiger partial charge in [0, 0.05) is 25.4 Å². The summed E-state index contributed by atoms with van der Waals surface area (Å²) < 4.78 is 0. The van der Waals surface area contributed by atoms with Crippen LogP contribution in [0.5, 0.6) is 0 Å². The lowest BCUT2D eigenvalue weighted by atomic mass is 10.2. The Balaban J connectivity index is 2.24. The monoisotopic (exact) mass is 209 g/mol. The molecule has 2 heterocycles. The van der Waals surface area contributed by atoms with E-state index < -0.39 is 18.1 Å². The second kappa shape index (κ2) is 3.82. The number of carboxylic acids is 1. The molecule has 2 N–H and O–H groups in total. The van der Waals surface area contributed by atoms with E-state index in [0.717, 1.165) is 0 Å². The average Bonchev–Trinajstić information content (AvgIpc) is 2.62. The lowest BCUT2D eigenvalue weighted by molar-refractivity contribution is -0.138. The van der Waals surface area contributed by atoms with Gasteiger partial charge < -0.3 is 15.1 Å². The van der Waals surface area contributed by atoms with E-state index in [2.05, 4.69) is 9.97 Å². The van der Waals surface area contributed by atoms with Crippen molar-refractivity contribution in [3.63, 3.8) is 0 Å². The van der Waals surface area contributed by atoms with Gasteiger partial charge in [-0.3, -0.25) is 0 Å². The van der Waals surface area contributed by atoms with Gasteiger partial charge in [0.1, 0.15) is 6.04 Å². The minimum absolute atomic E-state index is 0.216. The number of aromatic nitrogens is 2. The van der Waals surface area contributed by atoms with E-state index >= 15 is 0 Å². The van der Waals surface area contributed by atoms with Crippen LogP contribution in [0.3, 0.4) is 0 Å². The predicted molar refractivity (Wildman–Crippen MR) is 51.4 cm³/mol. The molecule has 15 heavy (non-hydrogen) atoms. The summed E-state index contributed by atoms with van der Waals surface area (Å²) in [5.41, 5.74) is 0.